The maximum Gasteiger partial charge on any atom is 0.0702 e. The second-order valence-corrected chi connectivity index (χ2v) is 5.63. The summed E-state index contributed by atoms with van der Waals surface area (Å²) in [6.45, 7) is 9.83. The summed E-state index contributed by atoms with van der Waals surface area (Å²) >= 11 is 0. The van der Waals surface area contributed by atoms with E-state index in [0.717, 1.165) is 32.8 Å². The first-order valence-electron chi connectivity index (χ1n) is 7.36. The highest BCUT2D eigenvalue weighted by Crippen LogP contribution is 2.16. The number of hydrogen-bond donors (Lipinski definition) is 0. The van der Waals surface area contributed by atoms with Crippen LogP contribution in [0, 0.1) is 0 Å². The zero-order chi connectivity index (χ0) is 12.8. The second-order valence-electron chi connectivity index (χ2n) is 5.63. The largest absolute Gasteiger partial charge is 0.383 e. The van der Waals surface area contributed by atoms with Gasteiger partial charge in [0.1, 0.15) is 0 Å². The Morgan fingerprint density at radius 3 is 2.83 bits per heavy atom. The van der Waals surface area contributed by atoms with Crippen molar-refractivity contribution in [2.75, 3.05) is 53.0 Å². The van der Waals surface area contributed by atoms with E-state index in [-0.39, 0.29) is 0 Å². The fraction of sp³-hybridized carbons (Fsp3) is 1.00. The van der Waals surface area contributed by atoms with E-state index >= 15 is 0 Å². The van der Waals surface area contributed by atoms with Crippen molar-refractivity contribution >= 4 is 0 Å². The third-order valence-corrected chi connectivity index (χ3v) is 4.17. The molecule has 0 unspecified atom stereocenters. The van der Waals surface area contributed by atoms with Crippen molar-refractivity contribution in [3.05, 3.63) is 0 Å². The molecule has 2 aliphatic rings. The smallest absolute Gasteiger partial charge is 0.0702 e. The molecule has 2 saturated heterocycles. The molecule has 106 valence electrons. The Bertz CT molecular complexity index is 232. The van der Waals surface area contributed by atoms with E-state index in [9.17, 15) is 0 Å². The molecule has 2 rings (SSSR count). The Balaban J connectivity index is 1.70. The average molecular weight is 256 g/mol. The molecule has 0 bridgehead atoms. The standard InChI is InChI=1S/C14H28N2O2/c1-13-11-15(6-7-16(13)8-10-17-2)12-14-5-3-4-9-18-14/h13-14H,3-12H2,1-2H3/t13-,14-/m1/s1. The lowest BCUT2D eigenvalue weighted by Crippen LogP contribution is -2.54. The predicted molar refractivity (Wildman–Crippen MR) is 72.9 cm³/mol. The van der Waals surface area contributed by atoms with Crippen LogP contribution in [0.4, 0.5) is 0 Å². The molecule has 0 radical (unpaired) electrons. The molecule has 0 aromatic heterocycles. The van der Waals surface area contributed by atoms with Crippen LogP contribution in [0.25, 0.3) is 0 Å². The third-order valence-electron chi connectivity index (χ3n) is 4.17. The van der Waals surface area contributed by atoms with Gasteiger partial charge in [-0.2, -0.15) is 0 Å². The molecule has 0 spiro atoms. The SMILES string of the molecule is COCCN1CCN(C[C@H]2CCCCO2)C[C@H]1C. The first kappa shape index (κ1) is 14.3. The molecular formula is C14H28N2O2. The van der Waals surface area contributed by atoms with E-state index in [0.29, 0.717) is 12.1 Å². The van der Waals surface area contributed by atoms with Gasteiger partial charge in [0, 0.05) is 52.5 Å². The van der Waals surface area contributed by atoms with Crippen LogP contribution < -0.4 is 0 Å². The number of nitrogens with zero attached hydrogens (tertiary/aromatic N) is 2. The van der Waals surface area contributed by atoms with Gasteiger partial charge in [0.2, 0.25) is 0 Å². The minimum atomic E-state index is 0.483. The van der Waals surface area contributed by atoms with Gasteiger partial charge in [-0.3, -0.25) is 9.80 Å². The maximum absolute atomic E-state index is 5.83. The number of ether oxygens (including phenoxy) is 2. The topological polar surface area (TPSA) is 24.9 Å². The van der Waals surface area contributed by atoms with Crippen LogP contribution in [0.1, 0.15) is 26.2 Å². The van der Waals surface area contributed by atoms with Gasteiger partial charge < -0.3 is 9.47 Å². The Kier molecular flexibility index (Phi) is 5.89. The summed E-state index contributed by atoms with van der Waals surface area (Å²) < 4.78 is 11.0. The summed E-state index contributed by atoms with van der Waals surface area (Å²) in [5.41, 5.74) is 0. The molecular weight excluding hydrogens is 228 g/mol. The fourth-order valence-electron chi connectivity index (χ4n) is 3.02. The highest BCUT2D eigenvalue weighted by Gasteiger charge is 2.25. The van der Waals surface area contributed by atoms with Crippen molar-refractivity contribution in [1.29, 1.82) is 0 Å². The molecule has 2 aliphatic heterocycles. The molecule has 2 heterocycles. The molecule has 4 heteroatoms. The quantitative estimate of drug-likeness (QED) is 0.738. The van der Waals surface area contributed by atoms with E-state index in [1.807, 2.05) is 0 Å². The molecule has 4 nitrogen and oxygen atoms in total. The van der Waals surface area contributed by atoms with Crippen molar-refractivity contribution in [2.45, 2.75) is 38.3 Å². The van der Waals surface area contributed by atoms with Crippen LogP contribution in [-0.4, -0.2) is 75.0 Å². The lowest BCUT2D eigenvalue weighted by atomic mass is 10.1. The van der Waals surface area contributed by atoms with Gasteiger partial charge in [0.25, 0.3) is 0 Å². The van der Waals surface area contributed by atoms with Crippen molar-refractivity contribution in [3.8, 4) is 0 Å². The average Bonchev–Trinajstić information content (AvgIpc) is 2.39. The monoisotopic (exact) mass is 256 g/mol. The molecule has 0 aromatic rings. The van der Waals surface area contributed by atoms with Crippen LogP contribution in [0.5, 0.6) is 0 Å². The van der Waals surface area contributed by atoms with E-state index in [1.165, 1.54) is 32.4 Å². The second kappa shape index (κ2) is 7.43. The number of piperazine rings is 1. The van der Waals surface area contributed by atoms with Crippen molar-refractivity contribution in [2.24, 2.45) is 0 Å². The Hall–Kier alpha value is -0.160. The van der Waals surface area contributed by atoms with Crippen LogP contribution in [-0.2, 0) is 9.47 Å². The van der Waals surface area contributed by atoms with Crippen molar-refractivity contribution in [1.82, 2.24) is 9.80 Å². The van der Waals surface area contributed by atoms with Gasteiger partial charge in [-0.15, -0.1) is 0 Å². The summed E-state index contributed by atoms with van der Waals surface area (Å²) in [7, 11) is 1.78. The first-order chi connectivity index (χ1) is 8.79. The van der Waals surface area contributed by atoms with Gasteiger partial charge in [-0.1, -0.05) is 0 Å². The van der Waals surface area contributed by atoms with Crippen LogP contribution >= 0.6 is 0 Å². The summed E-state index contributed by atoms with van der Waals surface area (Å²) in [6.07, 6.45) is 4.32. The Labute approximate surface area is 111 Å². The van der Waals surface area contributed by atoms with E-state index in [2.05, 4.69) is 16.7 Å². The molecule has 0 N–H and O–H groups in total. The van der Waals surface area contributed by atoms with Crippen LogP contribution in [0.3, 0.4) is 0 Å². The first-order valence-corrected chi connectivity index (χ1v) is 7.36. The molecule has 2 fully saturated rings. The van der Waals surface area contributed by atoms with E-state index in [1.54, 1.807) is 7.11 Å². The molecule has 0 saturated carbocycles. The number of hydrogen-bond acceptors (Lipinski definition) is 4. The van der Waals surface area contributed by atoms with Crippen LogP contribution in [0.15, 0.2) is 0 Å². The summed E-state index contributed by atoms with van der Waals surface area (Å²) in [6, 6.07) is 0.637. The van der Waals surface area contributed by atoms with Gasteiger partial charge in [0.15, 0.2) is 0 Å². The minimum absolute atomic E-state index is 0.483. The Morgan fingerprint density at radius 2 is 2.17 bits per heavy atom. The third kappa shape index (κ3) is 4.19. The van der Waals surface area contributed by atoms with Gasteiger partial charge >= 0.3 is 0 Å². The lowest BCUT2D eigenvalue weighted by Gasteiger charge is -2.41. The number of rotatable bonds is 5. The summed E-state index contributed by atoms with van der Waals surface area (Å²) in [5.74, 6) is 0. The zero-order valence-electron chi connectivity index (χ0n) is 11.9. The molecule has 0 amide bonds. The minimum Gasteiger partial charge on any atom is -0.383 e. The van der Waals surface area contributed by atoms with Crippen molar-refractivity contribution in [3.63, 3.8) is 0 Å². The normalized spacial score (nSPS) is 31.7. The van der Waals surface area contributed by atoms with Gasteiger partial charge in [-0.25, -0.2) is 0 Å². The predicted octanol–water partition coefficient (Wildman–Crippen LogP) is 1.21. The highest BCUT2D eigenvalue weighted by molar-refractivity contribution is 4.81. The molecule has 2 atom stereocenters. The van der Waals surface area contributed by atoms with Crippen LogP contribution in [0.2, 0.25) is 0 Å². The van der Waals surface area contributed by atoms with E-state index in [4.69, 9.17) is 9.47 Å². The number of methoxy groups -OCH3 is 1. The van der Waals surface area contributed by atoms with Crippen molar-refractivity contribution < 1.29 is 9.47 Å². The lowest BCUT2D eigenvalue weighted by molar-refractivity contribution is -0.0229. The maximum atomic E-state index is 5.83. The summed E-state index contributed by atoms with van der Waals surface area (Å²) in [5, 5.41) is 0. The molecule has 0 aromatic carbocycles. The van der Waals surface area contributed by atoms with E-state index < -0.39 is 0 Å². The van der Waals surface area contributed by atoms with Gasteiger partial charge in [0.05, 0.1) is 12.7 Å². The molecule has 0 aliphatic carbocycles. The highest BCUT2D eigenvalue weighted by atomic mass is 16.5. The fourth-order valence-corrected chi connectivity index (χ4v) is 3.02. The Morgan fingerprint density at radius 1 is 1.28 bits per heavy atom. The zero-order valence-corrected chi connectivity index (χ0v) is 11.9. The van der Waals surface area contributed by atoms with Gasteiger partial charge in [-0.05, 0) is 26.2 Å². The molecule has 18 heavy (non-hydrogen) atoms. The summed E-state index contributed by atoms with van der Waals surface area (Å²) in [4.78, 5) is 5.10.